The minimum absolute atomic E-state index is 0.0286. The largest absolute Gasteiger partial charge is 0.480 e. The number of aliphatic imine (C=N–C) groups is 1. The van der Waals surface area contributed by atoms with Gasteiger partial charge in [-0.15, -0.1) is 0 Å². The molecule has 1 N–H and O–H groups in total. The van der Waals surface area contributed by atoms with Crippen LogP contribution in [0.1, 0.15) is 63.3 Å². The van der Waals surface area contributed by atoms with Crippen molar-refractivity contribution in [2.45, 2.75) is 71.1 Å². The zero-order valence-corrected chi connectivity index (χ0v) is 23.3. The molecule has 0 saturated carbocycles. The van der Waals surface area contributed by atoms with E-state index in [0.29, 0.717) is 22.8 Å². The maximum Gasteiger partial charge on any atom is 0.326 e. The molecule has 1 unspecified atom stereocenters. The lowest BCUT2D eigenvalue weighted by atomic mass is 9.81. The average molecular weight is 538 g/mol. The highest BCUT2D eigenvalue weighted by Crippen LogP contribution is 2.56. The van der Waals surface area contributed by atoms with E-state index in [1.54, 1.807) is 4.90 Å². The summed E-state index contributed by atoms with van der Waals surface area (Å²) in [6.07, 6.45) is 1.16. The van der Waals surface area contributed by atoms with Gasteiger partial charge in [-0.25, -0.2) is 9.79 Å². The Morgan fingerprint density at radius 1 is 1.11 bits per heavy atom. The molecule has 2 aromatic carbocycles. The number of likely N-dealkylation sites (tertiary alicyclic amines) is 1. The highest BCUT2D eigenvalue weighted by atomic mass is 35.5. The molecule has 1 fully saturated rings. The number of aliphatic carboxylic acids is 1. The molecule has 5 rings (SSSR count). The maximum absolute atomic E-state index is 14.0. The number of rotatable bonds is 5. The Morgan fingerprint density at radius 2 is 1.76 bits per heavy atom. The molecule has 0 aromatic heterocycles. The van der Waals surface area contributed by atoms with Gasteiger partial charge in [-0.3, -0.25) is 4.79 Å². The Labute approximate surface area is 227 Å². The number of thioether (sulfide) groups is 1. The highest BCUT2D eigenvalue weighted by Gasteiger charge is 2.54. The lowest BCUT2D eigenvalue weighted by Gasteiger charge is -2.37. The number of carboxylic acid groups (broad SMARTS) is 1. The summed E-state index contributed by atoms with van der Waals surface area (Å²) in [5.74, 6) is -1.13. The Balaban J connectivity index is 1.64. The molecule has 37 heavy (non-hydrogen) atoms. The van der Waals surface area contributed by atoms with Crippen LogP contribution in [0.25, 0.3) is 0 Å². The van der Waals surface area contributed by atoms with E-state index in [9.17, 15) is 14.7 Å². The molecule has 3 aliphatic rings. The van der Waals surface area contributed by atoms with Crippen LogP contribution in [-0.4, -0.2) is 44.0 Å². The van der Waals surface area contributed by atoms with Gasteiger partial charge in [-0.2, -0.15) is 0 Å². The first-order valence-electron chi connectivity index (χ1n) is 12.7. The number of amidine groups is 1. The Kier molecular flexibility index (Phi) is 6.65. The molecule has 0 bridgehead atoms. The van der Waals surface area contributed by atoms with Crippen molar-refractivity contribution in [2.24, 2.45) is 10.9 Å². The van der Waals surface area contributed by atoms with Gasteiger partial charge in [0.05, 0.1) is 6.04 Å². The Bertz CT molecular complexity index is 1300. The minimum atomic E-state index is -0.946. The molecule has 1 saturated heterocycles. The Morgan fingerprint density at radius 3 is 2.35 bits per heavy atom. The maximum atomic E-state index is 14.0. The van der Waals surface area contributed by atoms with E-state index in [2.05, 4.69) is 56.9 Å². The zero-order chi connectivity index (χ0) is 26.6. The van der Waals surface area contributed by atoms with Gasteiger partial charge in [0, 0.05) is 16.8 Å². The molecule has 0 radical (unpaired) electrons. The van der Waals surface area contributed by atoms with Crippen LogP contribution < -0.4 is 0 Å². The van der Waals surface area contributed by atoms with E-state index in [-0.39, 0.29) is 23.9 Å². The number of allylic oxidation sites excluding steroid dienone is 1. The molecule has 0 aliphatic carbocycles. The number of halogens is 1. The predicted molar refractivity (Wildman–Crippen MR) is 148 cm³/mol. The van der Waals surface area contributed by atoms with E-state index in [1.807, 2.05) is 31.2 Å². The molecule has 0 spiro atoms. The number of carbonyl (C=O) groups is 2. The molecule has 6 nitrogen and oxygen atoms in total. The SMILES string of the molecule is Cc1ccc([C@H]2N3C(=NC2(C)c2ccc(Cl)cc2)SC(C(=O)N2[C@H](C)CC[C@H]2C(=O)O)=C3C(C)C)cc1. The number of carbonyl (C=O) groups excluding carboxylic acids is 1. The van der Waals surface area contributed by atoms with Gasteiger partial charge < -0.3 is 14.9 Å². The average Bonchev–Trinajstić information content (AvgIpc) is 3.49. The topological polar surface area (TPSA) is 73.2 Å². The molecule has 4 atom stereocenters. The first kappa shape index (κ1) is 25.9. The summed E-state index contributed by atoms with van der Waals surface area (Å²) in [4.78, 5) is 35.6. The fourth-order valence-corrected chi connectivity index (χ4v) is 7.33. The molecule has 194 valence electrons. The van der Waals surface area contributed by atoms with Crippen molar-refractivity contribution in [3.63, 3.8) is 0 Å². The number of hydrogen-bond donors (Lipinski definition) is 1. The molecule has 3 heterocycles. The second kappa shape index (κ2) is 9.52. The van der Waals surface area contributed by atoms with Gasteiger partial charge in [0.2, 0.25) is 0 Å². The second-order valence-electron chi connectivity index (χ2n) is 10.7. The number of nitrogens with zero attached hydrogens (tertiary/aromatic N) is 3. The van der Waals surface area contributed by atoms with Crippen LogP contribution in [0, 0.1) is 12.8 Å². The van der Waals surface area contributed by atoms with E-state index in [1.165, 1.54) is 17.3 Å². The molecule has 1 amide bonds. The van der Waals surface area contributed by atoms with Crippen LogP contribution in [0.3, 0.4) is 0 Å². The zero-order valence-electron chi connectivity index (χ0n) is 21.7. The third-order valence-corrected chi connectivity index (χ3v) is 9.07. The molecule has 8 heteroatoms. The molecule has 3 aliphatic heterocycles. The van der Waals surface area contributed by atoms with Crippen molar-refractivity contribution >= 4 is 40.4 Å². The first-order chi connectivity index (χ1) is 17.5. The Hall–Kier alpha value is -2.77. The van der Waals surface area contributed by atoms with Gasteiger partial charge in [-0.1, -0.05) is 67.4 Å². The first-order valence-corrected chi connectivity index (χ1v) is 13.9. The summed E-state index contributed by atoms with van der Waals surface area (Å²) in [7, 11) is 0. The van der Waals surface area contributed by atoms with Gasteiger partial charge in [-0.05, 0) is 74.6 Å². The summed E-state index contributed by atoms with van der Waals surface area (Å²) in [6, 6.07) is 15.2. The number of amides is 1. The highest BCUT2D eigenvalue weighted by molar-refractivity contribution is 8.18. The number of aryl methyl sites for hydroxylation is 1. The lowest BCUT2D eigenvalue weighted by molar-refractivity contribution is -0.147. The van der Waals surface area contributed by atoms with Crippen LogP contribution in [0.4, 0.5) is 0 Å². The van der Waals surface area contributed by atoms with E-state index >= 15 is 0 Å². The number of carboxylic acids is 1. The fraction of sp³-hybridized carbons (Fsp3) is 0.414. The smallest absolute Gasteiger partial charge is 0.326 e. The van der Waals surface area contributed by atoms with Gasteiger partial charge in [0.25, 0.3) is 5.91 Å². The molecule has 2 aromatic rings. The van der Waals surface area contributed by atoms with Crippen LogP contribution in [0.5, 0.6) is 0 Å². The quantitative estimate of drug-likeness (QED) is 0.480. The van der Waals surface area contributed by atoms with Crippen molar-refractivity contribution < 1.29 is 14.7 Å². The molecular formula is C29H32ClN3O3S. The van der Waals surface area contributed by atoms with Crippen molar-refractivity contribution in [2.75, 3.05) is 0 Å². The van der Waals surface area contributed by atoms with Gasteiger partial charge in [0.1, 0.15) is 16.5 Å². The third-order valence-electron chi connectivity index (χ3n) is 7.76. The van der Waals surface area contributed by atoms with Crippen molar-refractivity contribution in [3.05, 3.63) is 80.8 Å². The number of fused-ring (bicyclic) bond motifs is 1. The van der Waals surface area contributed by atoms with Crippen LogP contribution in [-0.2, 0) is 15.1 Å². The van der Waals surface area contributed by atoms with E-state index < -0.39 is 17.6 Å². The van der Waals surface area contributed by atoms with Crippen LogP contribution >= 0.6 is 23.4 Å². The van der Waals surface area contributed by atoms with E-state index in [0.717, 1.165) is 22.0 Å². The third kappa shape index (κ3) is 4.26. The standard InChI is InChI=1S/C29H32ClN3O3S/c1-16(2)23-24(26(34)32-18(4)8-15-22(32)27(35)36)37-28-31-29(5,20-11-13-21(30)14-12-20)25(33(23)28)19-9-6-17(3)7-10-19/h6-7,9-14,16,18,22,25H,8,15H2,1-5H3,(H,35,36)/t18-,22+,25-,29?/m1/s1. The molecular weight excluding hydrogens is 506 g/mol. The van der Waals surface area contributed by atoms with Crippen LogP contribution in [0.2, 0.25) is 5.02 Å². The van der Waals surface area contributed by atoms with Gasteiger partial charge in [0.15, 0.2) is 5.17 Å². The van der Waals surface area contributed by atoms with Crippen LogP contribution in [0.15, 0.2) is 64.1 Å². The van der Waals surface area contributed by atoms with E-state index in [4.69, 9.17) is 16.6 Å². The van der Waals surface area contributed by atoms with Gasteiger partial charge >= 0.3 is 5.97 Å². The second-order valence-corrected chi connectivity index (χ2v) is 12.1. The summed E-state index contributed by atoms with van der Waals surface area (Å²) in [6.45, 7) is 10.3. The predicted octanol–water partition coefficient (Wildman–Crippen LogP) is 6.36. The van der Waals surface area contributed by atoms with Crippen molar-refractivity contribution in [1.29, 1.82) is 0 Å². The normalized spacial score (nSPS) is 27.2. The summed E-state index contributed by atoms with van der Waals surface area (Å²) < 4.78 is 0. The summed E-state index contributed by atoms with van der Waals surface area (Å²) in [5.41, 5.74) is 3.61. The summed E-state index contributed by atoms with van der Waals surface area (Å²) >= 11 is 7.59. The minimum Gasteiger partial charge on any atom is -0.480 e. The number of hydrogen-bond acceptors (Lipinski definition) is 5. The monoisotopic (exact) mass is 537 g/mol. The van der Waals surface area contributed by atoms with Crippen molar-refractivity contribution in [3.8, 4) is 0 Å². The lowest BCUT2D eigenvalue weighted by Crippen LogP contribution is -2.44. The number of benzene rings is 2. The fourth-order valence-electron chi connectivity index (χ4n) is 5.85. The summed E-state index contributed by atoms with van der Waals surface area (Å²) in [5, 5.41) is 11.2. The van der Waals surface area contributed by atoms with Crippen molar-refractivity contribution in [1.82, 2.24) is 9.80 Å².